The van der Waals surface area contributed by atoms with E-state index >= 15 is 0 Å². The summed E-state index contributed by atoms with van der Waals surface area (Å²) in [6.45, 7) is 5.42. The first-order chi connectivity index (χ1) is 14.8. The van der Waals surface area contributed by atoms with Crippen LogP contribution in [0.5, 0.6) is 0 Å². The number of nitrogens with zero attached hydrogens (tertiary/aromatic N) is 4. The number of piperidine rings is 1. The Labute approximate surface area is 185 Å². The first-order valence-corrected chi connectivity index (χ1v) is 12.3. The van der Waals surface area contributed by atoms with Gasteiger partial charge in [0, 0.05) is 18.3 Å². The van der Waals surface area contributed by atoms with Gasteiger partial charge in [-0.05, 0) is 101 Å². The number of carbonyl (C=O) groups is 1. The molecule has 1 aromatic heterocycles. The van der Waals surface area contributed by atoms with Crippen molar-refractivity contribution in [2.45, 2.75) is 89.3 Å². The van der Waals surface area contributed by atoms with Crippen LogP contribution in [0.1, 0.15) is 77.2 Å². The molecular weight excluding hydrogens is 388 g/mol. The zero-order valence-electron chi connectivity index (χ0n) is 19.0. The van der Waals surface area contributed by atoms with Gasteiger partial charge in [0.15, 0.2) is 0 Å². The molecule has 0 radical (unpaired) electrons. The first-order valence-electron chi connectivity index (χ1n) is 12.3. The smallest absolute Gasteiger partial charge is 0.244 e. The lowest BCUT2D eigenvalue weighted by Crippen LogP contribution is -2.64. The van der Waals surface area contributed by atoms with Crippen LogP contribution in [-0.2, 0) is 11.3 Å². The van der Waals surface area contributed by atoms with E-state index in [1.54, 1.807) is 10.9 Å². The summed E-state index contributed by atoms with van der Waals surface area (Å²) in [6, 6.07) is 2.09. The number of carbonyl (C=O) groups excluding carboxylic acids is 1. The summed E-state index contributed by atoms with van der Waals surface area (Å²) in [6.07, 6.45) is 13.4. The molecule has 0 aromatic carbocycles. The molecule has 4 fully saturated rings. The van der Waals surface area contributed by atoms with Crippen molar-refractivity contribution < 1.29 is 9.90 Å². The maximum Gasteiger partial charge on any atom is 0.244 e. The highest BCUT2D eigenvalue weighted by molar-refractivity contribution is 5.77. The minimum atomic E-state index is -0.469. The second-order valence-corrected chi connectivity index (χ2v) is 11.3. The molecule has 7 atom stereocenters. The Morgan fingerprint density at radius 2 is 2.00 bits per heavy atom. The van der Waals surface area contributed by atoms with E-state index < -0.39 is 5.60 Å². The minimum absolute atomic E-state index is 0.0608. The number of aliphatic hydroxyl groups is 1. The van der Waals surface area contributed by atoms with E-state index in [1.165, 1.54) is 38.3 Å². The third-order valence-electron chi connectivity index (χ3n) is 9.47. The minimum Gasteiger partial charge on any atom is -0.390 e. The van der Waals surface area contributed by atoms with Crippen LogP contribution >= 0.6 is 0 Å². The highest BCUT2D eigenvalue weighted by atomic mass is 16.3. The third kappa shape index (κ3) is 3.59. The number of aromatic nitrogens is 2. The van der Waals surface area contributed by atoms with Gasteiger partial charge >= 0.3 is 0 Å². The van der Waals surface area contributed by atoms with E-state index in [2.05, 4.69) is 23.0 Å². The van der Waals surface area contributed by atoms with Crippen LogP contribution in [0.3, 0.4) is 0 Å². The number of likely N-dealkylation sites (tertiary alicyclic amines) is 1. The number of fused-ring (bicyclic) bond motifs is 5. The molecule has 3 aliphatic carbocycles. The molecule has 0 bridgehead atoms. The highest BCUT2D eigenvalue weighted by Gasteiger charge is 2.56. The van der Waals surface area contributed by atoms with Crippen LogP contribution < -0.4 is 0 Å². The van der Waals surface area contributed by atoms with Crippen molar-refractivity contribution in [3.63, 3.8) is 0 Å². The Morgan fingerprint density at radius 1 is 1.19 bits per heavy atom. The first kappa shape index (κ1) is 21.0. The fourth-order valence-electron chi connectivity index (χ4n) is 8.11. The van der Waals surface area contributed by atoms with Crippen LogP contribution in [0.15, 0.2) is 12.4 Å². The molecule has 1 saturated heterocycles. The molecule has 1 aromatic rings. The monoisotopic (exact) mass is 424 g/mol. The van der Waals surface area contributed by atoms with Crippen molar-refractivity contribution in [3.05, 3.63) is 18.0 Å². The van der Waals surface area contributed by atoms with E-state index in [-0.39, 0.29) is 18.0 Å². The van der Waals surface area contributed by atoms with Gasteiger partial charge in [-0.2, -0.15) is 10.4 Å². The molecule has 0 spiro atoms. The lowest BCUT2D eigenvalue weighted by molar-refractivity contribution is -0.158. The van der Waals surface area contributed by atoms with Gasteiger partial charge in [-0.3, -0.25) is 9.48 Å². The van der Waals surface area contributed by atoms with E-state index in [0.29, 0.717) is 23.3 Å². The van der Waals surface area contributed by atoms with Crippen molar-refractivity contribution >= 4 is 5.91 Å². The van der Waals surface area contributed by atoms with Crippen molar-refractivity contribution in [1.29, 1.82) is 5.26 Å². The molecule has 2 heterocycles. The Kier molecular flexibility index (Phi) is 5.16. The standard InChI is InChI=1S/C25H36N4O2/c1-24(31)9-7-19-18(12-24)5-6-21-20(19)8-10-25(2)22(21)4-3-11-29(25)23(30)16-28-15-17(13-26)14-27-28/h14-15,18-22,31H,3-12,16H2,1-2H3/t18-,19+,20?,21?,22?,24-,25+/m1/s1. The SMILES string of the molecule is C[C@@]1(O)CC[C@@H]2C3CC[C@@]4(C)C(CCCN4C(=O)Cn4cc(C#N)cn4)C3CC[C@@H]2C1. The molecule has 5 rings (SSSR count). The molecule has 6 nitrogen and oxygen atoms in total. The van der Waals surface area contributed by atoms with Gasteiger partial charge in [0.25, 0.3) is 0 Å². The fraction of sp³-hybridized carbons (Fsp3) is 0.800. The van der Waals surface area contributed by atoms with Crippen molar-refractivity contribution in [2.24, 2.45) is 29.6 Å². The molecule has 3 unspecified atom stereocenters. The molecule has 6 heteroatoms. The van der Waals surface area contributed by atoms with Gasteiger partial charge in [0.1, 0.15) is 12.6 Å². The summed E-state index contributed by atoms with van der Waals surface area (Å²) in [5, 5.41) is 23.8. The highest BCUT2D eigenvalue weighted by Crippen LogP contribution is 2.59. The number of hydrogen-bond acceptors (Lipinski definition) is 4. The average Bonchev–Trinajstić information content (AvgIpc) is 3.19. The summed E-state index contributed by atoms with van der Waals surface area (Å²) in [5.41, 5.74) is -0.0306. The van der Waals surface area contributed by atoms with Crippen LogP contribution in [0, 0.1) is 40.9 Å². The average molecular weight is 425 g/mol. The summed E-state index contributed by atoms with van der Waals surface area (Å²) >= 11 is 0. The molecule has 1 aliphatic heterocycles. The molecule has 168 valence electrons. The van der Waals surface area contributed by atoms with Gasteiger partial charge < -0.3 is 10.0 Å². The summed E-state index contributed by atoms with van der Waals surface area (Å²) in [7, 11) is 0. The van der Waals surface area contributed by atoms with Crippen LogP contribution in [0.4, 0.5) is 0 Å². The maximum absolute atomic E-state index is 13.3. The van der Waals surface area contributed by atoms with E-state index in [4.69, 9.17) is 5.26 Å². The predicted octanol–water partition coefficient (Wildman–Crippen LogP) is 3.74. The Hall–Kier alpha value is -1.87. The topological polar surface area (TPSA) is 82.1 Å². The second-order valence-electron chi connectivity index (χ2n) is 11.3. The Morgan fingerprint density at radius 3 is 2.77 bits per heavy atom. The third-order valence-corrected chi connectivity index (χ3v) is 9.47. The number of amides is 1. The van der Waals surface area contributed by atoms with Crippen molar-refractivity contribution in [2.75, 3.05) is 6.54 Å². The summed E-state index contributed by atoms with van der Waals surface area (Å²) in [4.78, 5) is 15.5. The molecular formula is C25H36N4O2. The molecule has 4 aliphatic rings. The van der Waals surface area contributed by atoms with Crippen LogP contribution in [-0.4, -0.2) is 43.4 Å². The van der Waals surface area contributed by atoms with Crippen molar-refractivity contribution in [3.8, 4) is 6.07 Å². The van der Waals surface area contributed by atoms with E-state index in [1.807, 2.05) is 6.92 Å². The zero-order chi connectivity index (χ0) is 21.8. The van der Waals surface area contributed by atoms with Gasteiger partial charge in [0.05, 0.1) is 17.4 Å². The Balaban J connectivity index is 1.33. The lowest BCUT2D eigenvalue weighted by Gasteiger charge is -2.61. The summed E-state index contributed by atoms with van der Waals surface area (Å²) < 4.78 is 1.61. The molecule has 1 amide bonds. The largest absolute Gasteiger partial charge is 0.390 e. The number of hydrogen-bond donors (Lipinski definition) is 1. The van der Waals surface area contributed by atoms with Gasteiger partial charge in [-0.15, -0.1) is 0 Å². The lowest BCUT2D eigenvalue weighted by atomic mass is 9.49. The van der Waals surface area contributed by atoms with Crippen LogP contribution in [0.25, 0.3) is 0 Å². The fourth-order valence-corrected chi connectivity index (χ4v) is 8.11. The summed E-state index contributed by atoms with van der Waals surface area (Å²) in [5.74, 6) is 3.66. The quantitative estimate of drug-likeness (QED) is 0.784. The van der Waals surface area contributed by atoms with Gasteiger partial charge in [-0.25, -0.2) is 0 Å². The molecule has 31 heavy (non-hydrogen) atoms. The van der Waals surface area contributed by atoms with E-state index in [9.17, 15) is 9.90 Å². The normalized spacial score (nSPS) is 42.1. The number of rotatable bonds is 2. The van der Waals surface area contributed by atoms with Crippen molar-refractivity contribution in [1.82, 2.24) is 14.7 Å². The van der Waals surface area contributed by atoms with E-state index in [0.717, 1.165) is 44.1 Å². The number of nitriles is 1. The zero-order valence-corrected chi connectivity index (χ0v) is 19.0. The van der Waals surface area contributed by atoms with Gasteiger partial charge in [-0.1, -0.05) is 0 Å². The second kappa shape index (κ2) is 7.62. The van der Waals surface area contributed by atoms with Gasteiger partial charge in [0.2, 0.25) is 5.91 Å². The molecule has 1 N–H and O–H groups in total. The predicted molar refractivity (Wildman–Crippen MR) is 117 cm³/mol. The maximum atomic E-state index is 13.3. The Bertz CT molecular complexity index is 886. The molecule has 3 saturated carbocycles. The van der Waals surface area contributed by atoms with Crippen LogP contribution in [0.2, 0.25) is 0 Å².